The summed E-state index contributed by atoms with van der Waals surface area (Å²) < 4.78 is 63.5. The number of carbonyl (C=O) groups is 5. The van der Waals surface area contributed by atoms with Crippen molar-refractivity contribution in [3.8, 4) is 5.75 Å². The number of amides is 4. The number of phenolic OH excluding ortho intramolecular Hbond substituents is 1. The van der Waals surface area contributed by atoms with Gasteiger partial charge in [0.2, 0.25) is 11.8 Å². The van der Waals surface area contributed by atoms with Crippen LogP contribution in [-0.4, -0.2) is 89.1 Å². The summed E-state index contributed by atoms with van der Waals surface area (Å²) in [5.74, 6) is -6.68. The second-order valence-electron chi connectivity index (χ2n) is 12.3. The number of aliphatic imine (C=N–C) groups is 1. The Balaban J connectivity index is 0.00000106. The number of guanidine groups is 1. The Hall–Kier alpha value is -6.38. The van der Waals surface area contributed by atoms with Crippen LogP contribution in [0.5, 0.6) is 5.75 Å². The van der Waals surface area contributed by atoms with Crippen molar-refractivity contribution >= 4 is 35.7 Å². The van der Waals surface area contributed by atoms with Gasteiger partial charge in [-0.05, 0) is 61.1 Å². The first-order valence-electron chi connectivity index (χ1n) is 17.9. The van der Waals surface area contributed by atoms with Crippen LogP contribution in [0.1, 0.15) is 61.1 Å². The van der Waals surface area contributed by atoms with E-state index in [1.165, 1.54) is 0 Å². The molecule has 0 fully saturated rings. The molecule has 21 heteroatoms. The zero-order valence-electron chi connectivity index (χ0n) is 31.6. The Kier molecular flexibility index (Phi) is 22.8. The molecule has 15 nitrogen and oxygen atoms in total. The first kappa shape index (κ1) is 50.6. The molecule has 3 rings (SSSR count). The van der Waals surface area contributed by atoms with Gasteiger partial charge in [-0.1, -0.05) is 85.6 Å². The lowest BCUT2D eigenvalue weighted by atomic mass is 9.90. The molecule has 0 bridgehead atoms. The van der Waals surface area contributed by atoms with E-state index in [2.05, 4.69) is 26.3 Å². The predicted molar refractivity (Wildman–Crippen MR) is 204 cm³/mol. The molecule has 324 valence electrons. The number of carbonyl (C=O) groups excluding carboxylic acids is 3. The first-order chi connectivity index (χ1) is 27.8. The van der Waals surface area contributed by atoms with Crippen molar-refractivity contribution in [2.24, 2.45) is 16.5 Å². The van der Waals surface area contributed by atoms with Crippen LogP contribution in [0.25, 0.3) is 0 Å². The number of unbranched alkanes of at least 4 members (excludes halogenated alkanes) is 3. The largest absolute Gasteiger partial charge is 0.508 e. The fraction of sp³-hybridized carbons (Fsp3) is 0.368. The number of benzene rings is 3. The van der Waals surface area contributed by atoms with Gasteiger partial charge in [-0.2, -0.15) is 26.3 Å². The number of halogens is 6. The summed E-state index contributed by atoms with van der Waals surface area (Å²) in [6, 6.07) is 24.1. The average Bonchev–Trinajstić information content (AvgIpc) is 3.17. The Morgan fingerprint density at radius 2 is 1.17 bits per heavy atom. The Labute approximate surface area is 335 Å². The molecular weight excluding hydrogens is 796 g/mol. The molecule has 0 aliphatic carbocycles. The number of carboxylic acid groups (broad SMARTS) is 2. The van der Waals surface area contributed by atoms with E-state index in [1.807, 2.05) is 60.7 Å². The molecule has 0 unspecified atom stereocenters. The van der Waals surface area contributed by atoms with Crippen LogP contribution in [0.4, 0.5) is 31.1 Å². The van der Waals surface area contributed by atoms with Crippen molar-refractivity contribution in [1.82, 2.24) is 21.3 Å². The number of phenols is 1. The number of nitrogens with zero attached hydrogens (tertiary/aromatic N) is 1. The van der Waals surface area contributed by atoms with Crippen molar-refractivity contribution < 1.29 is 65.6 Å². The molecule has 11 N–H and O–H groups in total. The van der Waals surface area contributed by atoms with E-state index >= 15 is 0 Å². The maximum atomic E-state index is 13.8. The summed E-state index contributed by atoms with van der Waals surface area (Å²) in [7, 11) is 0. The normalized spacial score (nSPS) is 11.8. The summed E-state index contributed by atoms with van der Waals surface area (Å²) in [5, 5.41) is 34.9. The molecule has 0 saturated heterocycles. The molecule has 0 saturated carbocycles. The highest BCUT2D eigenvalue weighted by Gasteiger charge is 2.39. The molecular formula is C38H47F6N7O8. The van der Waals surface area contributed by atoms with Gasteiger partial charge in [-0.25, -0.2) is 14.4 Å². The Bertz CT molecular complexity index is 1700. The summed E-state index contributed by atoms with van der Waals surface area (Å²) >= 11 is 0. The SMILES string of the molecule is NCCCCCCNC(=O)NC(N)=NCCC[C@@H](NC(=O)C(c1ccccc1)c1ccccc1)C(=O)NCc1ccc(O)cc1.O=C(O)C(F)(F)F.O=C(O)C(F)(F)F. The quantitative estimate of drug-likeness (QED) is 0.0398. The number of alkyl halides is 6. The number of rotatable bonds is 17. The molecule has 0 spiro atoms. The zero-order chi connectivity index (χ0) is 44.4. The molecule has 0 radical (unpaired) electrons. The van der Waals surface area contributed by atoms with Gasteiger partial charge in [0.25, 0.3) is 0 Å². The van der Waals surface area contributed by atoms with Crippen molar-refractivity contribution in [2.75, 3.05) is 19.6 Å². The predicted octanol–water partition coefficient (Wildman–Crippen LogP) is 4.51. The molecule has 0 aliphatic heterocycles. The van der Waals surface area contributed by atoms with Crippen LogP contribution in [0.15, 0.2) is 89.9 Å². The third-order valence-corrected chi connectivity index (χ3v) is 7.64. The van der Waals surface area contributed by atoms with Gasteiger partial charge in [0.1, 0.15) is 11.8 Å². The maximum Gasteiger partial charge on any atom is 0.490 e. The van der Waals surface area contributed by atoms with Crippen LogP contribution >= 0.6 is 0 Å². The Morgan fingerprint density at radius 3 is 1.64 bits per heavy atom. The topological polar surface area (TPSA) is 259 Å². The fourth-order valence-corrected chi connectivity index (χ4v) is 4.76. The molecule has 3 aromatic carbocycles. The van der Waals surface area contributed by atoms with E-state index in [1.54, 1.807) is 24.3 Å². The number of hydrogen-bond acceptors (Lipinski definition) is 8. The number of nitrogens with two attached hydrogens (primary N) is 2. The van der Waals surface area contributed by atoms with E-state index in [-0.39, 0.29) is 43.0 Å². The highest BCUT2D eigenvalue weighted by Crippen LogP contribution is 2.25. The van der Waals surface area contributed by atoms with Crippen molar-refractivity contribution in [3.63, 3.8) is 0 Å². The maximum absolute atomic E-state index is 13.8. The lowest BCUT2D eigenvalue weighted by molar-refractivity contribution is -0.193. The van der Waals surface area contributed by atoms with Crippen molar-refractivity contribution in [1.29, 1.82) is 0 Å². The third-order valence-electron chi connectivity index (χ3n) is 7.64. The molecule has 0 aromatic heterocycles. The average molecular weight is 844 g/mol. The standard InChI is InChI=1S/C34H45N7O4.2C2HF3O2/c35-21-9-1-2-10-22-38-34(45)41-33(36)37-23-11-16-29(31(43)39-24-25-17-19-28(42)20-18-25)40-32(44)30(26-12-5-3-6-13-26)27-14-7-4-8-15-27;2*3-2(4,5)1(6)7/h3-8,12-15,17-20,29-30,42H,1-2,9-11,16,21-24,35H2,(H,39,43)(H,40,44)(H4,36,37,38,41,45);2*(H,6,7)/t29-;;/m1../s1. The highest BCUT2D eigenvalue weighted by atomic mass is 19.4. The van der Waals surface area contributed by atoms with Gasteiger partial charge in [0.15, 0.2) is 5.96 Å². The fourth-order valence-electron chi connectivity index (χ4n) is 4.76. The summed E-state index contributed by atoms with van der Waals surface area (Å²) in [6.07, 6.45) is -5.63. The summed E-state index contributed by atoms with van der Waals surface area (Å²) in [6.45, 7) is 1.66. The molecule has 0 heterocycles. The number of carboxylic acids is 2. The van der Waals surface area contributed by atoms with Gasteiger partial charge in [-0.15, -0.1) is 0 Å². The van der Waals surface area contributed by atoms with Gasteiger partial charge in [0.05, 0.1) is 5.92 Å². The van der Waals surface area contributed by atoms with Gasteiger partial charge in [-0.3, -0.25) is 19.9 Å². The van der Waals surface area contributed by atoms with E-state index < -0.39 is 42.3 Å². The smallest absolute Gasteiger partial charge is 0.490 e. The minimum Gasteiger partial charge on any atom is -0.508 e. The molecule has 1 atom stereocenters. The van der Waals surface area contributed by atoms with Gasteiger partial charge < -0.3 is 42.7 Å². The monoisotopic (exact) mass is 843 g/mol. The van der Waals surface area contributed by atoms with Crippen LogP contribution in [0.3, 0.4) is 0 Å². The molecule has 59 heavy (non-hydrogen) atoms. The second-order valence-corrected chi connectivity index (χ2v) is 12.3. The first-order valence-corrected chi connectivity index (χ1v) is 17.9. The minimum atomic E-state index is -5.08. The lowest BCUT2D eigenvalue weighted by Crippen LogP contribution is -2.48. The summed E-state index contributed by atoms with van der Waals surface area (Å²) in [4.78, 5) is 61.2. The van der Waals surface area contributed by atoms with E-state index in [9.17, 15) is 45.8 Å². The highest BCUT2D eigenvalue weighted by molar-refractivity contribution is 5.95. The van der Waals surface area contributed by atoms with Crippen LogP contribution < -0.4 is 32.7 Å². The van der Waals surface area contributed by atoms with E-state index in [0.29, 0.717) is 19.5 Å². The molecule has 0 aliphatic rings. The van der Waals surface area contributed by atoms with E-state index in [4.69, 9.17) is 31.3 Å². The third kappa shape index (κ3) is 22.2. The number of aliphatic carboxylic acids is 2. The second kappa shape index (κ2) is 26.5. The van der Waals surface area contributed by atoms with Gasteiger partial charge >= 0.3 is 30.3 Å². The van der Waals surface area contributed by atoms with Crippen LogP contribution in [0.2, 0.25) is 0 Å². The van der Waals surface area contributed by atoms with E-state index in [0.717, 1.165) is 42.4 Å². The van der Waals surface area contributed by atoms with Crippen LogP contribution in [-0.2, 0) is 25.7 Å². The van der Waals surface area contributed by atoms with Gasteiger partial charge in [0, 0.05) is 19.6 Å². The number of hydrogen-bond donors (Lipinski definition) is 9. The van der Waals surface area contributed by atoms with Crippen LogP contribution in [0, 0.1) is 0 Å². The Morgan fingerprint density at radius 1 is 0.678 bits per heavy atom. The van der Waals surface area contributed by atoms with Crippen molar-refractivity contribution in [3.05, 3.63) is 102 Å². The number of nitrogens with one attached hydrogen (secondary N) is 4. The summed E-state index contributed by atoms with van der Waals surface area (Å²) in [5.41, 5.74) is 13.8. The zero-order valence-corrected chi connectivity index (χ0v) is 31.6. The lowest BCUT2D eigenvalue weighted by Gasteiger charge is -2.23. The van der Waals surface area contributed by atoms with Crippen molar-refractivity contribution in [2.45, 2.75) is 69.4 Å². The number of aromatic hydroxyl groups is 1. The molecule has 3 aromatic rings. The minimum absolute atomic E-state index is 0.0266. The molecule has 4 amide bonds. The number of urea groups is 1.